The minimum Gasteiger partial charge on any atom is -0.353 e. The summed E-state index contributed by atoms with van der Waals surface area (Å²) in [5.41, 5.74) is 0. The highest BCUT2D eigenvalue weighted by atomic mass is 33.1. The molecule has 2 nitrogen and oxygen atoms in total. The van der Waals surface area contributed by atoms with E-state index in [4.69, 9.17) is 9.47 Å². The van der Waals surface area contributed by atoms with Gasteiger partial charge in [0, 0.05) is 19.0 Å². The van der Waals surface area contributed by atoms with Gasteiger partial charge in [-0.1, -0.05) is 27.7 Å². The number of ether oxygens (including phenoxy) is 2. The molecule has 0 fully saturated rings. The lowest BCUT2D eigenvalue weighted by molar-refractivity contribution is -0.123. The summed E-state index contributed by atoms with van der Waals surface area (Å²) < 4.78 is 10.1. The van der Waals surface area contributed by atoms with E-state index in [0.29, 0.717) is 0 Å². The minimum absolute atomic E-state index is 0.0370. The Morgan fingerprint density at radius 1 is 1.27 bits per heavy atom. The Labute approximate surface area is 102 Å². The molecule has 1 aliphatic rings. The first-order valence-electron chi connectivity index (χ1n) is 4.97. The fourth-order valence-electron chi connectivity index (χ4n) is 0.714. The van der Waals surface area contributed by atoms with Gasteiger partial charge < -0.3 is 9.47 Å². The standard InChI is InChI=1S/C6H14O2.C3H4S2.C2H4/c1-4-7-6(3)8-5-2;1-2-4-5-3-1;1-2/h6H,4-5H2,1-3H3;1-2H,3H2;1-2H2. The van der Waals surface area contributed by atoms with E-state index in [2.05, 4.69) is 24.6 Å². The van der Waals surface area contributed by atoms with Gasteiger partial charge in [0.05, 0.1) is 0 Å². The number of hydrogen-bond acceptors (Lipinski definition) is 4. The van der Waals surface area contributed by atoms with Crippen molar-refractivity contribution in [2.45, 2.75) is 27.1 Å². The van der Waals surface area contributed by atoms with Gasteiger partial charge in [0.25, 0.3) is 0 Å². The Balaban J connectivity index is 0. The Bertz CT molecular complexity index is 129. The molecule has 0 spiro atoms. The minimum atomic E-state index is -0.0370. The van der Waals surface area contributed by atoms with Crippen molar-refractivity contribution < 1.29 is 9.47 Å². The second-order valence-corrected chi connectivity index (χ2v) is 4.55. The van der Waals surface area contributed by atoms with Crippen molar-refractivity contribution in [1.82, 2.24) is 0 Å². The highest BCUT2D eigenvalue weighted by Crippen LogP contribution is 2.27. The van der Waals surface area contributed by atoms with Crippen LogP contribution in [0.5, 0.6) is 0 Å². The van der Waals surface area contributed by atoms with Crippen LogP contribution in [0.1, 0.15) is 20.8 Å². The van der Waals surface area contributed by atoms with Crippen molar-refractivity contribution in [2.75, 3.05) is 19.0 Å². The van der Waals surface area contributed by atoms with Crippen LogP contribution in [0.15, 0.2) is 24.6 Å². The maximum absolute atomic E-state index is 5.06. The largest absolute Gasteiger partial charge is 0.353 e. The van der Waals surface area contributed by atoms with Crippen molar-refractivity contribution in [2.24, 2.45) is 0 Å². The summed E-state index contributed by atoms with van der Waals surface area (Å²) in [5.74, 6) is 1.20. The van der Waals surface area contributed by atoms with Crippen LogP contribution in [-0.4, -0.2) is 25.3 Å². The molecule has 1 aliphatic heterocycles. The first-order valence-corrected chi connectivity index (χ1v) is 7.36. The molecule has 0 N–H and O–H groups in total. The summed E-state index contributed by atoms with van der Waals surface area (Å²) >= 11 is 0. The maximum Gasteiger partial charge on any atom is 0.154 e. The van der Waals surface area contributed by atoms with Crippen LogP contribution in [0, 0.1) is 0 Å². The second-order valence-electron chi connectivity index (χ2n) is 2.23. The molecule has 0 amide bonds. The van der Waals surface area contributed by atoms with E-state index in [1.165, 1.54) is 5.75 Å². The molecule has 0 aromatic heterocycles. The summed E-state index contributed by atoms with van der Waals surface area (Å²) in [4.78, 5) is 0. The third kappa shape index (κ3) is 16.8. The SMILES string of the molecule is C1=CSSC1.C=C.CCOC(C)OCC. The van der Waals surface area contributed by atoms with Crippen molar-refractivity contribution in [3.8, 4) is 0 Å². The van der Waals surface area contributed by atoms with Crippen LogP contribution >= 0.6 is 21.6 Å². The van der Waals surface area contributed by atoms with Gasteiger partial charge in [0.1, 0.15) is 0 Å². The quantitative estimate of drug-likeness (QED) is 0.424. The third-order valence-electron chi connectivity index (χ3n) is 1.19. The first-order chi connectivity index (χ1) is 7.31. The lowest BCUT2D eigenvalue weighted by atomic mass is 10.7. The molecule has 4 heteroatoms. The van der Waals surface area contributed by atoms with Crippen molar-refractivity contribution in [1.29, 1.82) is 0 Å². The van der Waals surface area contributed by atoms with Crippen LogP contribution in [0.4, 0.5) is 0 Å². The number of hydrogen-bond donors (Lipinski definition) is 0. The lowest BCUT2D eigenvalue weighted by Crippen LogP contribution is -2.11. The van der Waals surface area contributed by atoms with Crippen molar-refractivity contribution in [3.63, 3.8) is 0 Å². The van der Waals surface area contributed by atoms with Crippen LogP contribution in [0.2, 0.25) is 0 Å². The molecule has 0 saturated heterocycles. The molecule has 0 saturated carbocycles. The molecule has 0 unspecified atom stereocenters. The molecule has 0 aliphatic carbocycles. The van der Waals surface area contributed by atoms with Gasteiger partial charge in [-0.3, -0.25) is 0 Å². The fraction of sp³-hybridized carbons (Fsp3) is 0.636. The van der Waals surface area contributed by atoms with Gasteiger partial charge in [-0.15, -0.1) is 13.2 Å². The molecular formula is C11H22O2S2. The van der Waals surface area contributed by atoms with E-state index in [1.54, 1.807) is 0 Å². The molecule has 0 aromatic carbocycles. The molecule has 0 bridgehead atoms. The normalized spacial score (nSPS) is 12.8. The predicted molar refractivity (Wildman–Crippen MR) is 73.2 cm³/mol. The van der Waals surface area contributed by atoms with Gasteiger partial charge in [0.2, 0.25) is 0 Å². The third-order valence-corrected chi connectivity index (χ3v) is 3.10. The Morgan fingerprint density at radius 3 is 2.00 bits per heavy atom. The fourth-order valence-corrected chi connectivity index (χ4v) is 2.29. The average Bonchev–Trinajstić information content (AvgIpc) is 2.80. The zero-order valence-electron chi connectivity index (χ0n) is 9.90. The van der Waals surface area contributed by atoms with Crippen LogP contribution < -0.4 is 0 Å². The maximum atomic E-state index is 5.06. The molecule has 1 rings (SSSR count). The molecular weight excluding hydrogens is 228 g/mol. The lowest BCUT2D eigenvalue weighted by Gasteiger charge is -2.09. The topological polar surface area (TPSA) is 18.5 Å². The summed E-state index contributed by atoms with van der Waals surface area (Å²) in [6.07, 6.45) is 2.12. The predicted octanol–water partition coefficient (Wildman–Crippen LogP) is 4.10. The van der Waals surface area contributed by atoms with E-state index in [-0.39, 0.29) is 6.29 Å². The van der Waals surface area contributed by atoms with Gasteiger partial charge in [-0.25, -0.2) is 0 Å². The Hall–Kier alpha value is 0.1000. The second kappa shape index (κ2) is 16.5. The zero-order valence-corrected chi connectivity index (χ0v) is 11.5. The molecule has 0 radical (unpaired) electrons. The van der Waals surface area contributed by atoms with Gasteiger partial charge >= 0.3 is 0 Å². The van der Waals surface area contributed by atoms with E-state index < -0.39 is 0 Å². The van der Waals surface area contributed by atoms with Gasteiger partial charge in [-0.05, 0) is 26.2 Å². The highest BCUT2D eigenvalue weighted by molar-refractivity contribution is 8.78. The van der Waals surface area contributed by atoms with Gasteiger partial charge in [0.15, 0.2) is 6.29 Å². The summed E-state index contributed by atoms with van der Waals surface area (Å²) in [6.45, 7) is 13.3. The average molecular weight is 250 g/mol. The molecule has 1 heterocycles. The van der Waals surface area contributed by atoms with E-state index in [0.717, 1.165) is 13.2 Å². The van der Waals surface area contributed by atoms with Crippen LogP contribution in [-0.2, 0) is 9.47 Å². The van der Waals surface area contributed by atoms with E-state index in [1.807, 2.05) is 42.4 Å². The highest BCUT2D eigenvalue weighted by Gasteiger charge is 1.94. The molecule has 0 atom stereocenters. The number of rotatable bonds is 4. The van der Waals surface area contributed by atoms with E-state index in [9.17, 15) is 0 Å². The smallest absolute Gasteiger partial charge is 0.154 e. The zero-order chi connectivity index (χ0) is 11.9. The van der Waals surface area contributed by atoms with Crippen LogP contribution in [0.25, 0.3) is 0 Å². The van der Waals surface area contributed by atoms with Crippen molar-refractivity contribution in [3.05, 3.63) is 24.6 Å². The van der Waals surface area contributed by atoms with Crippen LogP contribution in [0.3, 0.4) is 0 Å². The van der Waals surface area contributed by atoms with Crippen molar-refractivity contribution >= 4 is 21.6 Å². The molecule has 15 heavy (non-hydrogen) atoms. The molecule has 0 aromatic rings. The monoisotopic (exact) mass is 250 g/mol. The first kappa shape index (κ1) is 17.5. The Morgan fingerprint density at radius 2 is 1.80 bits per heavy atom. The summed E-state index contributed by atoms with van der Waals surface area (Å²) in [5, 5.41) is 2.12. The molecule has 90 valence electrons. The van der Waals surface area contributed by atoms with E-state index >= 15 is 0 Å². The summed E-state index contributed by atoms with van der Waals surface area (Å²) in [6, 6.07) is 0. The summed E-state index contributed by atoms with van der Waals surface area (Å²) in [7, 11) is 3.69. The van der Waals surface area contributed by atoms with Gasteiger partial charge in [-0.2, -0.15) is 0 Å². The Kier molecular flexibility index (Phi) is 19.3.